The number of carbonyl (C=O) groups is 3. The fourth-order valence-corrected chi connectivity index (χ4v) is 8.23. The third kappa shape index (κ3) is 5.77. The van der Waals surface area contributed by atoms with Crippen molar-refractivity contribution < 1.29 is 29.0 Å². The van der Waals surface area contributed by atoms with Crippen molar-refractivity contribution in [3.05, 3.63) is 65.9 Å². The van der Waals surface area contributed by atoms with E-state index in [4.69, 9.17) is 19.4 Å². The van der Waals surface area contributed by atoms with Gasteiger partial charge < -0.3 is 34.8 Å². The molecule has 52 heavy (non-hydrogen) atoms. The predicted octanol–water partition coefficient (Wildman–Crippen LogP) is 7.02. The summed E-state index contributed by atoms with van der Waals surface area (Å²) in [5.41, 5.74) is 6.62. The van der Waals surface area contributed by atoms with Crippen LogP contribution in [0.1, 0.15) is 69.8 Å². The molecule has 0 aliphatic carbocycles. The Labute approximate surface area is 300 Å². The van der Waals surface area contributed by atoms with E-state index in [-0.39, 0.29) is 35.7 Å². The summed E-state index contributed by atoms with van der Waals surface area (Å²) in [7, 11) is 1.29. The average molecular weight is 706 g/mol. The third-order valence-corrected chi connectivity index (χ3v) is 10.8. The molecule has 3 aliphatic rings. The summed E-state index contributed by atoms with van der Waals surface area (Å²) in [5.74, 6) is 2.44. The van der Waals surface area contributed by atoms with Crippen molar-refractivity contribution in [1.29, 1.82) is 0 Å². The van der Waals surface area contributed by atoms with E-state index in [0.717, 1.165) is 68.3 Å². The van der Waals surface area contributed by atoms with Crippen LogP contribution in [0.25, 0.3) is 44.2 Å². The van der Waals surface area contributed by atoms with Gasteiger partial charge in [-0.05, 0) is 76.9 Å². The van der Waals surface area contributed by atoms with Crippen LogP contribution in [0.15, 0.2) is 48.7 Å². The van der Waals surface area contributed by atoms with Crippen LogP contribution in [-0.2, 0) is 16.1 Å². The Morgan fingerprint density at radius 3 is 2.44 bits per heavy atom. The van der Waals surface area contributed by atoms with Gasteiger partial charge in [-0.2, -0.15) is 0 Å². The van der Waals surface area contributed by atoms with E-state index in [1.165, 1.54) is 12.0 Å². The summed E-state index contributed by atoms with van der Waals surface area (Å²) in [6.07, 6.45) is 1.75. The van der Waals surface area contributed by atoms with Gasteiger partial charge in [-0.1, -0.05) is 45.9 Å². The number of imidazole rings is 2. The van der Waals surface area contributed by atoms with Gasteiger partial charge in [-0.15, -0.1) is 0 Å². The number of fused-ring (bicyclic) bond motifs is 6. The number of nitrogens with one attached hydrogen (secondary N) is 3. The zero-order valence-corrected chi connectivity index (χ0v) is 29.9. The summed E-state index contributed by atoms with van der Waals surface area (Å²) in [5, 5.41) is 14.5. The number of alkyl carbamates (subject to hydrolysis) is 1. The minimum atomic E-state index is -0.926. The minimum absolute atomic E-state index is 0.118. The van der Waals surface area contributed by atoms with Crippen molar-refractivity contribution in [2.24, 2.45) is 17.8 Å². The summed E-state index contributed by atoms with van der Waals surface area (Å²) in [6, 6.07) is 13.3. The van der Waals surface area contributed by atoms with Gasteiger partial charge in [0.25, 0.3) is 0 Å². The molecule has 0 unspecified atom stereocenters. The standard InChI is InChI=1S/C39H43N7O6/c1-19(2)33(44-38(48)51-5)37(47)45-16-20(3)10-30(45)35-40-15-29(42-35)23-6-8-25-24(12-23)18-52-32-14-26-22(13-27(25)32)7-9-28-34(26)43-36(41-28)31-11-21(4)17-46(31)39(49)50/h6-9,12-15,19-21,30-31,33H,10-11,16-18H2,1-5H3,(H,40,42)(H,41,43)(H,44,48)(H,49,50)/t20-,21-,30-,31-,33-/m0/s1. The number of hydrogen-bond acceptors (Lipinski definition) is 7. The van der Waals surface area contributed by atoms with E-state index in [2.05, 4.69) is 65.5 Å². The Bertz CT molecular complexity index is 2230. The highest BCUT2D eigenvalue weighted by atomic mass is 16.5. The number of hydrogen-bond donors (Lipinski definition) is 4. The number of amides is 3. The lowest BCUT2D eigenvalue weighted by Gasteiger charge is -2.30. The van der Waals surface area contributed by atoms with Crippen LogP contribution in [-0.4, -0.2) is 79.2 Å². The topological polar surface area (TPSA) is 166 Å². The first kappa shape index (κ1) is 33.5. The van der Waals surface area contributed by atoms with Gasteiger partial charge in [0.15, 0.2) is 0 Å². The Balaban J connectivity index is 1.06. The molecule has 3 aliphatic heterocycles. The number of carbonyl (C=O) groups excluding carboxylic acids is 2. The molecule has 2 aromatic heterocycles. The molecule has 0 radical (unpaired) electrons. The fraction of sp³-hybridized carbons (Fsp3) is 0.410. The Kier molecular flexibility index (Phi) is 8.31. The number of rotatable bonds is 6. The summed E-state index contributed by atoms with van der Waals surface area (Å²) < 4.78 is 11.1. The number of carboxylic acid groups (broad SMARTS) is 1. The molecule has 5 heterocycles. The Hall–Kier alpha value is -5.59. The third-order valence-electron chi connectivity index (χ3n) is 10.8. The number of H-pyrrole nitrogens is 2. The number of aromatic nitrogens is 4. The molecule has 0 spiro atoms. The van der Waals surface area contributed by atoms with Crippen LogP contribution in [0.2, 0.25) is 0 Å². The molecule has 13 nitrogen and oxygen atoms in total. The van der Waals surface area contributed by atoms with Gasteiger partial charge in [-0.25, -0.2) is 19.6 Å². The van der Waals surface area contributed by atoms with Crippen molar-refractivity contribution in [2.45, 2.75) is 65.3 Å². The van der Waals surface area contributed by atoms with Gasteiger partial charge in [0, 0.05) is 24.0 Å². The van der Waals surface area contributed by atoms with Crippen molar-refractivity contribution in [1.82, 2.24) is 35.1 Å². The second kappa shape index (κ2) is 12.9. The van der Waals surface area contributed by atoms with E-state index < -0.39 is 18.2 Å². The number of benzene rings is 3. The van der Waals surface area contributed by atoms with Gasteiger partial charge in [0.1, 0.15) is 30.0 Å². The monoisotopic (exact) mass is 705 g/mol. The molecule has 3 aromatic carbocycles. The highest BCUT2D eigenvalue weighted by molar-refractivity contribution is 6.07. The fourth-order valence-electron chi connectivity index (χ4n) is 8.23. The molecule has 0 bridgehead atoms. The van der Waals surface area contributed by atoms with Crippen LogP contribution < -0.4 is 10.1 Å². The molecule has 3 amide bonds. The van der Waals surface area contributed by atoms with Gasteiger partial charge in [-0.3, -0.25) is 9.69 Å². The lowest BCUT2D eigenvalue weighted by atomic mass is 9.92. The van der Waals surface area contributed by atoms with Crippen LogP contribution in [0.5, 0.6) is 5.75 Å². The van der Waals surface area contributed by atoms with Crippen molar-refractivity contribution in [3.63, 3.8) is 0 Å². The molecule has 0 saturated carbocycles. The van der Waals surface area contributed by atoms with E-state index in [9.17, 15) is 19.5 Å². The Morgan fingerprint density at radius 1 is 0.962 bits per heavy atom. The first-order valence-electron chi connectivity index (χ1n) is 17.9. The van der Waals surface area contributed by atoms with Gasteiger partial charge in [0.05, 0.1) is 42.1 Å². The average Bonchev–Trinajstić information content (AvgIpc) is 3.94. The van der Waals surface area contributed by atoms with Gasteiger partial charge >= 0.3 is 12.2 Å². The van der Waals surface area contributed by atoms with E-state index in [1.54, 1.807) is 0 Å². The minimum Gasteiger partial charge on any atom is -0.488 e. The summed E-state index contributed by atoms with van der Waals surface area (Å²) >= 11 is 0. The second-order valence-electron chi connectivity index (χ2n) is 15.0. The molecular weight excluding hydrogens is 662 g/mol. The molecule has 4 N–H and O–H groups in total. The highest BCUT2D eigenvalue weighted by Crippen LogP contribution is 2.44. The predicted molar refractivity (Wildman–Crippen MR) is 195 cm³/mol. The highest BCUT2D eigenvalue weighted by Gasteiger charge is 2.40. The van der Waals surface area contributed by atoms with Crippen LogP contribution in [0, 0.1) is 17.8 Å². The molecular formula is C39H43N7O6. The molecule has 8 rings (SSSR count). The van der Waals surface area contributed by atoms with Crippen LogP contribution in [0.4, 0.5) is 9.59 Å². The largest absolute Gasteiger partial charge is 0.488 e. The second-order valence-corrected chi connectivity index (χ2v) is 15.0. The van der Waals surface area contributed by atoms with E-state index >= 15 is 0 Å². The quantitative estimate of drug-likeness (QED) is 0.146. The zero-order valence-electron chi connectivity index (χ0n) is 29.9. The molecule has 5 atom stereocenters. The van der Waals surface area contributed by atoms with E-state index in [0.29, 0.717) is 31.3 Å². The van der Waals surface area contributed by atoms with Crippen LogP contribution in [0.3, 0.4) is 0 Å². The summed E-state index contributed by atoms with van der Waals surface area (Å²) in [6.45, 7) is 9.46. The molecule has 2 fully saturated rings. The Morgan fingerprint density at radius 2 is 1.71 bits per heavy atom. The molecule has 2 saturated heterocycles. The van der Waals surface area contributed by atoms with Crippen LogP contribution >= 0.6 is 0 Å². The SMILES string of the molecule is COC(=O)N[C@H](C(=O)N1C[C@@H](C)C[C@H]1c1ncc(-c2ccc3c(c2)COc2cc4c(ccc5nc([C@@H]6C[C@H](C)CN6C(=O)O)[nH]c54)cc2-3)[nH]1)C(C)C. The van der Waals surface area contributed by atoms with Crippen molar-refractivity contribution in [3.8, 4) is 28.1 Å². The smallest absolute Gasteiger partial charge is 0.407 e. The van der Waals surface area contributed by atoms with Crippen molar-refractivity contribution >= 4 is 39.9 Å². The van der Waals surface area contributed by atoms with Crippen molar-refractivity contribution in [2.75, 3.05) is 20.2 Å². The number of aromatic amines is 2. The first-order chi connectivity index (χ1) is 25.0. The summed E-state index contributed by atoms with van der Waals surface area (Å²) in [4.78, 5) is 57.5. The lowest BCUT2D eigenvalue weighted by molar-refractivity contribution is -0.135. The maximum Gasteiger partial charge on any atom is 0.407 e. The maximum atomic E-state index is 13.7. The number of nitrogens with zero attached hydrogens (tertiary/aromatic N) is 4. The molecule has 5 aromatic rings. The zero-order chi connectivity index (χ0) is 36.4. The maximum absolute atomic E-state index is 13.7. The first-order valence-corrected chi connectivity index (χ1v) is 17.9. The lowest BCUT2D eigenvalue weighted by Crippen LogP contribution is -2.51. The number of ether oxygens (including phenoxy) is 2. The molecule has 270 valence electrons. The number of methoxy groups -OCH3 is 1. The molecule has 13 heteroatoms. The van der Waals surface area contributed by atoms with Gasteiger partial charge in [0.2, 0.25) is 5.91 Å². The normalized spacial score (nSPS) is 21.7. The number of likely N-dealkylation sites (tertiary alicyclic amines) is 2. The van der Waals surface area contributed by atoms with E-state index in [1.807, 2.05) is 31.0 Å².